The molecule has 170 valence electrons. The number of nitrogens with zero attached hydrogens (tertiary/aromatic N) is 3. The third-order valence-electron chi connectivity index (χ3n) is 5.86. The van der Waals surface area contributed by atoms with Crippen LogP contribution in [0.3, 0.4) is 0 Å². The lowest BCUT2D eigenvalue weighted by Gasteiger charge is -2.20. The average molecular weight is 482 g/mol. The standard InChI is InChI=1S/C24H23N3O4S2/c1-3-26(4-2)33(29,30)17-9-10-19-16(15-17)13-14-27(19)24(28)21-12-11-20(31-21)23-25-18-7-5-6-8-22(18)32-23/h5-12,15H,3-4,13-14H2,1-2H3. The zero-order valence-corrected chi connectivity index (χ0v) is 19.9. The van der Waals surface area contributed by atoms with Crippen molar-refractivity contribution in [2.45, 2.75) is 25.2 Å². The van der Waals surface area contributed by atoms with E-state index in [1.807, 2.05) is 38.1 Å². The van der Waals surface area contributed by atoms with Gasteiger partial charge in [0.15, 0.2) is 16.5 Å². The van der Waals surface area contributed by atoms with Crippen LogP contribution in [0.4, 0.5) is 5.69 Å². The van der Waals surface area contributed by atoms with E-state index in [0.29, 0.717) is 31.8 Å². The Morgan fingerprint density at radius 3 is 2.67 bits per heavy atom. The van der Waals surface area contributed by atoms with Crippen LogP contribution in [0, 0.1) is 0 Å². The quantitative estimate of drug-likeness (QED) is 0.395. The molecule has 1 amide bonds. The van der Waals surface area contributed by atoms with E-state index in [0.717, 1.165) is 26.5 Å². The van der Waals surface area contributed by atoms with Gasteiger partial charge >= 0.3 is 0 Å². The third-order valence-corrected chi connectivity index (χ3v) is 8.95. The SMILES string of the molecule is CCN(CC)S(=O)(=O)c1ccc2c(c1)CCN2C(=O)c1ccc(-c2nc3ccccc3s2)o1. The highest BCUT2D eigenvalue weighted by Gasteiger charge is 2.30. The normalized spacial score (nSPS) is 13.7. The maximum absolute atomic E-state index is 13.2. The van der Waals surface area contributed by atoms with Crippen LogP contribution in [-0.4, -0.2) is 43.2 Å². The van der Waals surface area contributed by atoms with Crippen molar-refractivity contribution in [2.75, 3.05) is 24.5 Å². The van der Waals surface area contributed by atoms with Crippen LogP contribution in [0.5, 0.6) is 0 Å². The fourth-order valence-electron chi connectivity index (χ4n) is 4.14. The molecule has 2 aromatic carbocycles. The smallest absolute Gasteiger partial charge is 0.294 e. The molecule has 1 aliphatic heterocycles. The molecule has 4 aromatic rings. The number of fused-ring (bicyclic) bond motifs is 2. The molecule has 9 heteroatoms. The van der Waals surface area contributed by atoms with Gasteiger partial charge in [0.2, 0.25) is 10.0 Å². The highest BCUT2D eigenvalue weighted by atomic mass is 32.2. The number of rotatable bonds is 6. The first-order valence-corrected chi connectivity index (χ1v) is 13.1. The number of thiazole rings is 1. The van der Waals surface area contributed by atoms with Gasteiger partial charge in [0.1, 0.15) is 0 Å². The van der Waals surface area contributed by atoms with Crippen LogP contribution in [0.1, 0.15) is 30.0 Å². The fourth-order valence-corrected chi connectivity index (χ4v) is 6.58. The molecule has 33 heavy (non-hydrogen) atoms. The second-order valence-corrected chi connectivity index (χ2v) is 10.7. The molecule has 0 bridgehead atoms. The first kappa shape index (κ1) is 21.8. The van der Waals surface area contributed by atoms with E-state index in [2.05, 4.69) is 4.98 Å². The summed E-state index contributed by atoms with van der Waals surface area (Å²) in [6.07, 6.45) is 0.591. The highest BCUT2D eigenvalue weighted by Crippen LogP contribution is 2.34. The second-order valence-electron chi connectivity index (χ2n) is 7.74. The van der Waals surface area contributed by atoms with Crippen LogP contribution in [-0.2, 0) is 16.4 Å². The number of benzene rings is 2. The molecule has 0 atom stereocenters. The molecule has 0 aliphatic carbocycles. The molecule has 0 saturated carbocycles. The van der Waals surface area contributed by atoms with E-state index >= 15 is 0 Å². The number of carbonyl (C=O) groups excluding carboxylic acids is 1. The first-order valence-electron chi connectivity index (χ1n) is 10.8. The number of furan rings is 1. The van der Waals surface area contributed by atoms with Crippen LogP contribution in [0.25, 0.3) is 21.0 Å². The van der Waals surface area contributed by atoms with Crippen molar-refractivity contribution in [1.82, 2.24) is 9.29 Å². The number of carbonyl (C=O) groups is 1. The lowest BCUT2D eigenvalue weighted by molar-refractivity contribution is 0.0963. The Morgan fingerprint density at radius 1 is 1.12 bits per heavy atom. The molecule has 7 nitrogen and oxygen atoms in total. The van der Waals surface area contributed by atoms with Crippen molar-refractivity contribution in [3.05, 3.63) is 65.9 Å². The summed E-state index contributed by atoms with van der Waals surface area (Å²) in [7, 11) is -3.55. The number of amides is 1. The minimum Gasteiger partial charge on any atom is -0.448 e. The summed E-state index contributed by atoms with van der Waals surface area (Å²) < 4.78 is 34.1. The van der Waals surface area contributed by atoms with E-state index in [1.165, 1.54) is 15.6 Å². The largest absolute Gasteiger partial charge is 0.448 e. The molecular weight excluding hydrogens is 458 g/mol. The molecule has 0 radical (unpaired) electrons. The van der Waals surface area contributed by atoms with Gasteiger partial charge in [-0.1, -0.05) is 26.0 Å². The van der Waals surface area contributed by atoms with Crippen molar-refractivity contribution in [3.63, 3.8) is 0 Å². The number of hydrogen-bond donors (Lipinski definition) is 0. The summed E-state index contributed by atoms with van der Waals surface area (Å²) in [5.41, 5.74) is 2.46. The van der Waals surface area contributed by atoms with Crippen molar-refractivity contribution >= 4 is 43.2 Å². The Kier molecular flexibility index (Phi) is 5.55. The Balaban J connectivity index is 1.41. The topological polar surface area (TPSA) is 83.7 Å². The van der Waals surface area contributed by atoms with Gasteiger partial charge in [-0.15, -0.1) is 11.3 Å². The van der Waals surface area contributed by atoms with Gasteiger partial charge in [-0.05, 0) is 54.4 Å². The van der Waals surface area contributed by atoms with Crippen LogP contribution in [0.15, 0.2) is 63.9 Å². The molecule has 2 aromatic heterocycles. The van der Waals surface area contributed by atoms with Gasteiger partial charge in [0, 0.05) is 25.3 Å². The van der Waals surface area contributed by atoms with E-state index in [9.17, 15) is 13.2 Å². The van der Waals surface area contributed by atoms with Gasteiger partial charge in [-0.25, -0.2) is 13.4 Å². The second kappa shape index (κ2) is 8.40. The number of para-hydroxylation sites is 1. The van der Waals surface area contributed by atoms with Crippen molar-refractivity contribution in [1.29, 1.82) is 0 Å². The summed E-state index contributed by atoms with van der Waals surface area (Å²) in [6, 6.07) is 16.3. The van der Waals surface area contributed by atoms with E-state index in [1.54, 1.807) is 35.2 Å². The zero-order valence-electron chi connectivity index (χ0n) is 18.3. The summed E-state index contributed by atoms with van der Waals surface area (Å²) in [5.74, 6) is 0.539. The predicted molar refractivity (Wildman–Crippen MR) is 129 cm³/mol. The molecule has 0 unspecified atom stereocenters. The number of anilines is 1. The van der Waals surface area contributed by atoms with E-state index < -0.39 is 10.0 Å². The minimum absolute atomic E-state index is 0.233. The van der Waals surface area contributed by atoms with Crippen molar-refractivity contribution in [3.8, 4) is 10.8 Å². The van der Waals surface area contributed by atoms with Crippen LogP contribution >= 0.6 is 11.3 Å². The average Bonchev–Trinajstić information content (AvgIpc) is 3.56. The molecule has 0 spiro atoms. The number of sulfonamides is 1. The molecule has 0 fully saturated rings. The Hall–Kier alpha value is -3.01. The Bertz CT molecular complexity index is 1420. The third kappa shape index (κ3) is 3.76. The summed E-state index contributed by atoms with van der Waals surface area (Å²) in [4.78, 5) is 19.7. The maximum atomic E-state index is 13.2. The molecule has 5 rings (SSSR count). The first-order chi connectivity index (χ1) is 15.9. The van der Waals surface area contributed by atoms with E-state index in [-0.39, 0.29) is 16.6 Å². The number of aromatic nitrogens is 1. The van der Waals surface area contributed by atoms with Crippen molar-refractivity contribution in [2.24, 2.45) is 0 Å². The van der Waals surface area contributed by atoms with Gasteiger partial charge in [0.05, 0.1) is 15.1 Å². The van der Waals surface area contributed by atoms with E-state index in [4.69, 9.17) is 4.42 Å². The van der Waals surface area contributed by atoms with Gasteiger partial charge in [0.25, 0.3) is 5.91 Å². The highest BCUT2D eigenvalue weighted by molar-refractivity contribution is 7.89. The molecular formula is C24H23N3O4S2. The summed E-state index contributed by atoms with van der Waals surface area (Å²) >= 11 is 1.52. The van der Waals surface area contributed by atoms with Crippen molar-refractivity contribution < 1.29 is 17.6 Å². The van der Waals surface area contributed by atoms with Crippen LogP contribution in [0.2, 0.25) is 0 Å². The minimum atomic E-state index is -3.55. The predicted octanol–water partition coefficient (Wildman–Crippen LogP) is 4.79. The zero-order chi connectivity index (χ0) is 23.2. The number of hydrogen-bond acceptors (Lipinski definition) is 6. The lowest BCUT2D eigenvalue weighted by atomic mass is 10.2. The monoisotopic (exact) mass is 481 g/mol. The summed E-state index contributed by atoms with van der Waals surface area (Å²) in [6.45, 7) is 4.94. The van der Waals surface area contributed by atoms with Gasteiger partial charge in [-0.2, -0.15) is 4.31 Å². The lowest BCUT2D eigenvalue weighted by Crippen LogP contribution is -2.30. The van der Waals surface area contributed by atoms with Gasteiger partial charge < -0.3 is 9.32 Å². The molecule has 3 heterocycles. The summed E-state index contributed by atoms with van der Waals surface area (Å²) in [5, 5.41) is 0.725. The van der Waals surface area contributed by atoms with Crippen LogP contribution < -0.4 is 4.90 Å². The molecule has 0 saturated heterocycles. The fraction of sp³-hybridized carbons (Fsp3) is 0.250. The maximum Gasteiger partial charge on any atom is 0.294 e. The molecule has 0 N–H and O–H groups in total. The molecule has 1 aliphatic rings. The Morgan fingerprint density at radius 2 is 1.91 bits per heavy atom. The Labute approximate surface area is 196 Å². The van der Waals surface area contributed by atoms with Gasteiger partial charge in [-0.3, -0.25) is 4.79 Å².